The average molecular weight is 193 g/mol. The minimum Gasteiger partial charge on any atom is -0.508 e. The maximum atomic E-state index is 10.7. The first kappa shape index (κ1) is 8.87. The van der Waals surface area contributed by atoms with Gasteiger partial charge in [0.05, 0.1) is 5.92 Å². The van der Waals surface area contributed by atoms with E-state index in [4.69, 9.17) is 5.11 Å². The van der Waals surface area contributed by atoms with Gasteiger partial charge in [-0.05, 0) is 18.1 Å². The molecule has 1 aliphatic rings. The second kappa shape index (κ2) is 3.21. The lowest BCUT2D eigenvalue weighted by atomic mass is 9.94. The summed E-state index contributed by atoms with van der Waals surface area (Å²) in [5, 5.41) is 21.0. The Hall–Kier alpha value is -1.71. The van der Waals surface area contributed by atoms with E-state index in [1.807, 2.05) is 0 Å². The van der Waals surface area contributed by atoms with E-state index in [9.17, 15) is 9.90 Å². The molecule has 4 nitrogen and oxygen atoms in total. The number of carbonyl (C=O) groups is 1. The van der Waals surface area contributed by atoms with Gasteiger partial charge in [0.1, 0.15) is 5.75 Å². The first-order valence-electron chi connectivity index (χ1n) is 4.45. The molecule has 1 aliphatic heterocycles. The molecule has 0 radical (unpaired) electrons. The Morgan fingerprint density at radius 3 is 3.00 bits per heavy atom. The molecule has 1 unspecified atom stereocenters. The summed E-state index contributed by atoms with van der Waals surface area (Å²) in [6.07, 6.45) is 0.526. The van der Waals surface area contributed by atoms with Gasteiger partial charge in [-0.25, -0.2) is 0 Å². The van der Waals surface area contributed by atoms with Gasteiger partial charge in [0.15, 0.2) is 0 Å². The summed E-state index contributed by atoms with van der Waals surface area (Å²) in [6.45, 7) is 0.422. The molecule has 0 fully saturated rings. The van der Waals surface area contributed by atoms with Gasteiger partial charge in [-0.1, -0.05) is 6.07 Å². The number of fused-ring (bicyclic) bond motifs is 1. The zero-order valence-corrected chi connectivity index (χ0v) is 7.53. The van der Waals surface area contributed by atoms with Crippen molar-refractivity contribution in [3.05, 3.63) is 23.8 Å². The molecule has 0 saturated heterocycles. The number of carboxylic acids is 1. The minimum absolute atomic E-state index is 0.199. The Bertz CT molecular complexity index is 376. The van der Waals surface area contributed by atoms with Crippen LogP contribution in [0.15, 0.2) is 18.2 Å². The van der Waals surface area contributed by atoms with Crippen molar-refractivity contribution in [2.24, 2.45) is 5.92 Å². The van der Waals surface area contributed by atoms with Crippen LogP contribution in [0.2, 0.25) is 0 Å². The number of anilines is 1. The van der Waals surface area contributed by atoms with E-state index >= 15 is 0 Å². The number of phenols is 1. The van der Waals surface area contributed by atoms with Crippen molar-refractivity contribution < 1.29 is 15.0 Å². The number of benzene rings is 1. The number of phenolic OH excluding ortho intramolecular Hbond substituents is 1. The second-order valence-electron chi connectivity index (χ2n) is 3.46. The molecule has 0 aromatic heterocycles. The Morgan fingerprint density at radius 2 is 2.29 bits per heavy atom. The molecule has 4 heteroatoms. The van der Waals surface area contributed by atoms with Crippen molar-refractivity contribution in [2.45, 2.75) is 6.42 Å². The highest BCUT2D eigenvalue weighted by Gasteiger charge is 2.23. The molecule has 0 amide bonds. The number of aromatic hydroxyl groups is 1. The van der Waals surface area contributed by atoms with E-state index in [2.05, 4.69) is 5.32 Å². The largest absolute Gasteiger partial charge is 0.508 e. The summed E-state index contributed by atoms with van der Waals surface area (Å²) in [6, 6.07) is 4.95. The summed E-state index contributed by atoms with van der Waals surface area (Å²) >= 11 is 0. The van der Waals surface area contributed by atoms with Gasteiger partial charge in [0.2, 0.25) is 0 Å². The number of nitrogens with one attached hydrogen (secondary N) is 1. The lowest BCUT2D eigenvalue weighted by Gasteiger charge is -2.23. The third-order valence-electron chi connectivity index (χ3n) is 2.45. The van der Waals surface area contributed by atoms with Crippen molar-refractivity contribution in [3.8, 4) is 5.75 Å². The smallest absolute Gasteiger partial charge is 0.308 e. The standard InChI is InChI=1S/C10H11NO3/c12-8-2-1-6-3-7(10(13)14)5-11-9(6)4-8/h1-2,4,7,11-12H,3,5H2,(H,13,14). The van der Waals surface area contributed by atoms with Crippen molar-refractivity contribution in [1.82, 2.24) is 0 Å². The van der Waals surface area contributed by atoms with Gasteiger partial charge >= 0.3 is 5.97 Å². The number of hydrogen-bond acceptors (Lipinski definition) is 3. The molecule has 74 valence electrons. The van der Waals surface area contributed by atoms with E-state index < -0.39 is 5.97 Å². The van der Waals surface area contributed by atoms with Crippen LogP contribution in [0.25, 0.3) is 0 Å². The van der Waals surface area contributed by atoms with Crippen LogP contribution < -0.4 is 5.32 Å². The summed E-state index contributed by atoms with van der Waals surface area (Å²) in [5.41, 5.74) is 1.78. The number of hydrogen-bond donors (Lipinski definition) is 3. The van der Waals surface area contributed by atoms with E-state index in [1.54, 1.807) is 18.2 Å². The van der Waals surface area contributed by atoms with Crippen LogP contribution in [-0.4, -0.2) is 22.7 Å². The molecular weight excluding hydrogens is 182 g/mol. The first-order chi connectivity index (χ1) is 6.66. The Kier molecular flexibility index (Phi) is 2.04. The first-order valence-corrected chi connectivity index (χ1v) is 4.45. The molecule has 3 N–H and O–H groups in total. The van der Waals surface area contributed by atoms with Crippen LogP contribution in [0.5, 0.6) is 5.75 Å². The predicted octanol–water partition coefficient (Wildman–Crippen LogP) is 1.06. The van der Waals surface area contributed by atoms with Crippen molar-refractivity contribution >= 4 is 11.7 Å². The summed E-state index contributed by atoms with van der Waals surface area (Å²) in [4.78, 5) is 10.7. The molecule has 1 heterocycles. The van der Waals surface area contributed by atoms with Crippen LogP contribution in [0.3, 0.4) is 0 Å². The van der Waals surface area contributed by atoms with Gasteiger partial charge in [-0.2, -0.15) is 0 Å². The number of carboxylic acid groups (broad SMARTS) is 1. The van der Waals surface area contributed by atoms with Crippen LogP contribution in [0, 0.1) is 5.92 Å². The molecule has 0 spiro atoms. The number of aliphatic carboxylic acids is 1. The Morgan fingerprint density at radius 1 is 1.50 bits per heavy atom. The monoisotopic (exact) mass is 193 g/mol. The molecule has 1 atom stereocenters. The molecule has 0 aliphatic carbocycles. The van der Waals surface area contributed by atoms with E-state index in [0.717, 1.165) is 11.3 Å². The lowest BCUT2D eigenvalue weighted by Crippen LogP contribution is -2.29. The molecule has 14 heavy (non-hydrogen) atoms. The zero-order chi connectivity index (χ0) is 10.1. The van der Waals surface area contributed by atoms with Gasteiger partial charge in [-0.3, -0.25) is 4.79 Å². The van der Waals surface area contributed by atoms with E-state index in [1.165, 1.54) is 0 Å². The molecule has 0 bridgehead atoms. The van der Waals surface area contributed by atoms with Crippen molar-refractivity contribution in [3.63, 3.8) is 0 Å². The highest BCUT2D eigenvalue weighted by Crippen LogP contribution is 2.28. The van der Waals surface area contributed by atoms with Crippen LogP contribution in [0.4, 0.5) is 5.69 Å². The summed E-state index contributed by atoms with van der Waals surface area (Å²) in [7, 11) is 0. The summed E-state index contributed by atoms with van der Waals surface area (Å²) < 4.78 is 0. The molecule has 2 rings (SSSR count). The topological polar surface area (TPSA) is 69.6 Å². The molecular formula is C10H11NO3. The third kappa shape index (κ3) is 1.51. The van der Waals surface area contributed by atoms with Crippen LogP contribution >= 0.6 is 0 Å². The Labute approximate surface area is 81.2 Å². The number of rotatable bonds is 1. The normalized spacial score (nSPS) is 19.6. The molecule has 1 aromatic rings. The minimum atomic E-state index is -0.781. The third-order valence-corrected chi connectivity index (χ3v) is 2.45. The van der Waals surface area contributed by atoms with Gasteiger partial charge < -0.3 is 15.5 Å². The van der Waals surface area contributed by atoms with Crippen LogP contribution in [0.1, 0.15) is 5.56 Å². The fourth-order valence-corrected chi connectivity index (χ4v) is 1.65. The van der Waals surface area contributed by atoms with Gasteiger partial charge in [0, 0.05) is 18.3 Å². The van der Waals surface area contributed by atoms with E-state index in [0.29, 0.717) is 13.0 Å². The fraction of sp³-hybridized carbons (Fsp3) is 0.300. The summed E-state index contributed by atoms with van der Waals surface area (Å²) in [5.74, 6) is -0.951. The quantitative estimate of drug-likeness (QED) is 0.623. The molecule has 0 saturated carbocycles. The predicted molar refractivity (Wildman–Crippen MR) is 51.4 cm³/mol. The lowest BCUT2D eigenvalue weighted by molar-refractivity contribution is -0.141. The van der Waals surface area contributed by atoms with Crippen LogP contribution in [-0.2, 0) is 11.2 Å². The Balaban J connectivity index is 2.27. The maximum Gasteiger partial charge on any atom is 0.308 e. The molecule has 1 aromatic carbocycles. The van der Waals surface area contributed by atoms with E-state index in [-0.39, 0.29) is 11.7 Å². The van der Waals surface area contributed by atoms with Gasteiger partial charge in [-0.15, -0.1) is 0 Å². The van der Waals surface area contributed by atoms with Gasteiger partial charge in [0.25, 0.3) is 0 Å². The highest BCUT2D eigenvalue weighted by molar-refractivity contribution is 5.73. The second-order valence-corrected chi connectivity index (χ2v) is 3.46. The van der Waals surface area contributed by atoms with Crippen molar-refractivity contribution in [1.29, 1.82) is 0 Å². The fourth-order valence-electron chi connectivity index (χ4n) is 1.65. The highest BCUT2D eigenvalue weighted by atomic mass is 16.4. The maximum absolute atomic E-state index is 10.7. The average Bonchev–Trinajstić information content (AvgIpc) is 2.16. The zero-order valence-electron chi connectivity index (χ0n) is 7.53. The van der Waals surface area contributed by atoms with Crippen molar-refractivity contribution in [2.75, 3.05) is 11.9 Å². The SMILES string of the molecule is O=C(O)C1CNc2cc(O)ccc2C1.